The number of hydrogen-bond donors (Lipinski definition) is 2. The van der Waals surface area contributed by atoms with Crippen molar-refractivity contribution in [3.8, 4) is 5.75 Å². The molecule has 0 saturated carbocycles. The van der Waals surface area contributed by atoms with Gasteiger partial charge in [0.05, 0.1) is 4.90 Å². The van der Waals surface area contributed by atoms with Crippen LogP contribution in [0.5, 0.6) is 5.75 Å². The molecule has 0 aliphatic rings. The van der Waals surface area contributed by atoms with Crippen LogP contribution in [-0.2, 0) is 16.4 Å². The number of para-hydroxylation sites is 1. The molecule has 3 N–H and O–H groups in total. The molecule has 0 aromatic heterocycles. The molecule has 0 atom stereocenters. The Kier molecular flexibility index (Phi) is 4.95. The van der Waals surface area contributed by atoms with Gasteiger partial charge >= 0.3 is 0 Å². The molecular weight excluding hydrogens is 300 g/mol. The number of aliphatic imine (C=N–C) groups is 1. The highest BCUT2D eigenvalue weighted by atomic mass is 32.2. The molecule has 0 aliphatic carbocycles. The van der Waals surface area contributed by atoms with Gasteiger partial charge in [0, 0.05) is 18.3 Å². The molecule has 2 rings (SSSR count). The molecule has 5 nitrogen and oxygen atoms in total. The van der Waals surface area contributed by atoms with Crippen molar-refractivity contribution in [1.29, 1.82) is 0 Å². The van der Waals surface area contributed by atoms with E-state index in [4.69, 9.17) is 5.14 Å². The summed E-state index contributed by atoms with van der Waals surface area (Å²) in [7, 11) is -3.65. The van der Waals surface area contributed by atoms with Gasteiger partial charge in [-0.2, -0.15) is 0 Å². The topological polar surface area (TPSA) is 92.8 Å². The van der Waals surface area contributed by atoms with Crippen LogP contribution in [0.15, 0.2) is 52.4 Å². The Bertz CT molecular complexity index is 782. The Morgan fingerprint density at radius 2 is 1.86 bits per heavy atom. The molecule has 0 spiro atoms. The van der Waals surface area contributed by atoms with Crippen LogP contribution in [0.4, 0.5) is 0 Å². The molecule has 2 aromatic rings. The highest BCUT2D eigenvalue weighted by molar-refractivity contribution is 7.89. The van der Waals surface area contributed by atoms with Gasteiger partial charge in [-0.05, 0) is 42.7 Å². The number of aryl methyl sites for hydroxylation is 1. The minimum Gasteiger partial charge on any atom is -0.507 e. The SMILES string of the molecule is Cc1cccc(C=NCCc2ccc(S(N)(=O)=O)cc2)c1O. The van der Waals surface area contributed by atoms with Crippen LogP contribution in [0.25, 0.3) is 0 Å². The summed E-state index contributed by atoms with van der Waals surface area (Å²) in [6.07, 6.45) is 2.31. The van der Waals surface area contributed by atoms with Gasteiger partial charge in [-0.1, -0.05) is 24.3 Å². The fourth-order valence-corrected chi connectivity index (χ4v) is 2.50. The summed E-state index contributed by atoms with van der Waals surface area (Å²) < 4.78 is 22.3. The van der Waals surface area contributed by atoms with Crippen molar-refractivity contribution in [3.05, 3.63) is 59.2 Å². The molecule has 0 heterocycles. The van der Waals surface area contributed by atoms with Crippen LogP contribution in [0.2, 0.25) is 0 Å². The van der Waals surface area contributed by atoms with Crippen molar-refractivity contribution in [1.82, 2.24) is 0 Å². The van der Waals surface area contributed by atoms with Crippen molar-refractivity contribution in [2.75, 3.05) is 6.54 Å². The van der Waals surface area contributed by atoms with E-state index in [0.717, 1.165) is 11.1 Å². The largest absolute Gasteiger partial charge is 0.507 e. The lowest BCUT2D eigenvalue weighted by molar-refractivity contribution is 0.470. The van der Waals surface area contributed by atoms with Gasteiger partial charge in [0.1, 0.15) is 5.75 Å². The lowest BCUT2D eigenvalue weighted by Crippen LogP contribution is -2.11. The lowest BCUT2D eigenvalue weighted by Gasteiger charge is -2.02. The van der Waals surface area contributed by atoms with E-state index in [1.165, 1.54) is 12.1 Å². The molecule has 0 fully saturated rings. The smallest absolute Gasteiger partial charge is 0.238 e. The second-order valence-electron chi connectivity index (χ2n) is 4.99. The van der Waals surface area contributed by atoms with E-state index in [1.54, 1.807) is 24.4 Å². The van der Waals surface area contributed by atoms with Gasteiger partial charge in [0.2, 0.25) is 10.0 Å². The van der Waals surface area contributed by atoms with Gasteiger partial charge < -0.3 is 5.11 Å². The third kappa shape index (κ3) is 4.16. The summed E-state index contributed by atoms with van der Waals surface area (Å²) in [6.45, 7) is 2.38. The van der Waals surface area contributed by atoms with Gasteiger partial charge in [0.15, 0.2) is 0 Å². The molecular formula is C16H18N2O3S. The summed E-state index contributed by atoms with van der Waals surface area (Å²) in [5.41, 5.74) is 2.46. The van der Waals surface area contributed by atoms with Crippen LogP contribution >= 0.6 is 0 Å². The monoisotopic (exact) mass is 318 g/mol. The number of nitrogens with two attached hydrogens (primary N) is 1. The minimum absolute atomic E-state index is 0.101. The number of aromatic hydroxyl groups is 1. The highest BCUT2D eigenvalue weighted by Gasteiger charge is 2.06. The van der Waals surface area contributed by atoms with E-state index in [2.05, 4.69) is 4.99 Å². The molecule has 116 valence electrons. The van der Waals surface area contributed by atoms with E-state index in [1.807, 2.05) is 19.1 Å². The highest BCUT2D eigenvalue weighted by Crippen LogP contribution is 2.19. The average Bonchev–Trinajstić information content (AvgIpc) is 2.47. The van der Waals surface area contributed by atoms with Gasteiger partial charge in [-0.15, -0.1) is 0 Å². The molecule has 22 heavy (non-hydrogen) atoms. The predicted molar refractivity (Wildman–Crippen MR) is 86.8 cm³/mol. The molecule has 0 amide bonds. The Balaban J connectivity index is 1.96. The molecule has 0 aliphatic heterocycles. The minimum atomic E-state index is -3.65. The van der Waals surface area contributed by atoms with Crippen LogP contribution < -0.4 is 5.14 Å². The molecule has 0 saturated heterocycles. The predicted octanol–water partition coefficient (Wildman–Crippen LogP) is 2.01. The fourth-order valence-electron chi connectivity index (χ4n) is 1.99. The normalized spacial score (nSPS) is 11.9. The van der Waals surface area contributed by atoms with Gasteiger partial charge in [-0.3, -0.25) is 4.99 Å². The number of benzene rings is 2. The molecule has 0 radical (unpaired) electrons. The Labute approximate surface area is 130 Å². The number of phenolic OH excluding ortho intramolecular Hbond substituents is 1. The second kappa shape index (κ2) is 6.72. The van der Waals surface area contributed by atoms with E-state index in [-0.39, 0.29) is 10.6 Å². The number of hydrogen-bond acceptors (Lipinski definition) is 4. The molecule has 0 unspecified atom stereocenters. The van der Waals surface area contributed by atoms with Crippen LogP contribution in [0.1, 0.15) is 16.7 Å². The van der Waals surface area contributed by atoms with Crippen molar-refractivity contribution in [2.24, 2.45) is 10.1 Å². The number of nitrogens with zero attached hydrogens (tertiary/aromatic N) is 1. The lowest BCUT2D eigenvalue weighted by atomic mass is 10.1. The Morgan fingerprint density at radius 3 is 2.50 bits per heavy atom. The number of phenols is 1. The first-order chi connectivity index (χ1) is 10.4. The molecule has 6 heteroatoms. The Hall–Kier alpha value is -2.18. The first-order valence-corrected chi connectivity index (χ1v) is 8.33. The zero-order chi connectivity index (χ0) is 16.2. The maximum absolute atomic E-state index is 11.2. The number of rotatable bonds is 5. The van der Waals surface area contributed by atoms with E-state index < -0.39 is 10.0 Å². The standard InChI is InChI=1S/C16H18N2O3S/c1-12-3-2-4-14(16(12)19)11-18-10-9-13-5-7-15(8-6-13)22(17,20)21/h2-8,11,19H,9-10H2,1H3,(H2,17,20,21). The maximum Gasteiger partial charge on any atom is 0.238 e. The summed E-state index contributed by atoms with van der Waals surface area (Å²) in [6, 6.07) is 11.9. The summed E-state index contributed by atoms with van der Waals surface area (Å²) >= 11 is 0. The first-order valence-electron chi connectivity index (χ1n) is 6.78. The molecule has 0 bridgehead atoms. The van der Waals surface area contributed by atoms with E-state index in [0.29, 0.717) is 18.5 Å². The van der Waals surface area contributed by atoms with Gasteiger partial charge in [0.25, 0.3) is 0 Å². The van der Waals surface area contributed by atoms with Crippen LogP contribution in [0, 0.1) is 6.92 Å². The Morgan fingerprint density at radius 1 is 1.18 bits per heavy atom. The van der Waals surface area contributed by atoms with Crippen molar-refractivity contribution >= 4 is 16.2 Å². The quantitative estimate of drug-likeness (QED) is 0.826. The zero-order valence-corrected chi connectivity index (χ0v) is 13.0. The van der Waals surface area contributed by atoms with Crippen LogP contribution in [-0.4, -0.2) is 26.3 Å². The van der Waals surface area contributed by atoms with E-state index in [9.17, 15) is 13.5 Å². The number of primary sulfonamides is 1. The maximum atomic E-state index is 11.2. The van der Waals surface area contributed by atoms with Crippen molar-refractivity contribution in [2.45, 2.75) is 18.2 Å². The van der Waals surface area contributed by atoms with Crippen LogP contribution in [0.3, 0.4) is 0 Å². The third-order valence-electron chi connectivity index (χ3n) is 3.28. The van der Waals surface area contributed by atoms with E-state index >= 15 is 0 Å². The average molecular weight is 318 g/mol. The zero-order valence-electron chi connectivity index (χ0n) is 12.2. The summed E-state index contributed by atoms with van der Waals surface area (Å²) in [5, 5.41) is 14.9. The van der Waals surface area contributed by atoms with Gasteiger partial charge in [-0.25, -0.2) is 13.6 Å². The van der Waals surface area contributed by atoms with Crippen molar-refractivity contribution < 1.29 is 13.5 Å². The summed E-state index contributed by atoms with van der Waals surface area (Å²) in [4.78, 5) is 4.38. The second-order valence-corrected chi connectivity index (χ2v) is 6.55. The first kappa shape index (κ1) is 16.2. The summed E-state index contributed by atoms with van der Waals surface area (Å²) in [5.74, 6) is 0.240. The molecule has 2 aromatic carbocycles. The fraction of sp³-hybridized carbons (Fsp3) is 0.188. The van der Waals surface area contributed by atoms with Crippen molar-refractivity contribution in [3.63, 3.8) is 0 Å². The number of sulfonamides is 1. The third-order valence-corrected chi connectivity index (χ3v) is 4.21.